The lowest BCUT2D eigenvalue weighted by molar-refractivity contribution is -0.384. The van der Waals surface area contributed by atoms with E-state index in [1.54, 1.807) is 44.2 Å². The van der Waals surface area contributed by atoms with Gasteiger partial charge >= 0.3 is 0 Å². The van der Waals surface area contributed by atoms with Gasteiger partial charge in [0.1, 0.15) is 11.9 Å². The second kappa shape index (κ2) is 11.3. The SMILES string of the molecule is CCNC(=O)[C@H](C)N(Cc1ccccc1F)C(=O)CSCc1ccc([N+](=O)[O-])cc1. The maximum Gasteiger partial charge on any atom is 0.269 e. The normalized spacial score (nSPS) is 11.6. The molecule has 1 N–H and O–H groups in total. The summed E-state index contributed by atoms with van der Waals surface area (Å²) in [5.74, 6) is -0.453. The first-order chi connectivity index (χ1) is 14.3. The molecule has 0 heterocycles. The molecule has 2 rings (SSSR count). The van der Waals surface area contributed by atoms with E-state index in [0.717, 1.165) is 5.56 Å². The van der Waals surface area contributed by atoms with Crippen LogP contribution in [0.25, 0.3) is 0 Å². The number of thioether (sulfide) groups is 1. The third-order valence-electron chi connectivity index (χ3n) is 4.46. The molecule has 160 valence electrons. The van der Waals surface area contributed by atoms with Crippen molar-refractivity contribution >= 4 is 29.3 Å². The number of carbonyl (C=O) groups is 2. The Morgan fingerprint density at radius 1 is 1.20 bits per heavy atom. The number of nitrogens with zero attached hydrogens (tertiary/aromatic N) is 2. The minimum atomic E-state index is -0.753. The Balaban J connectivity index is 2.04. The number of nitro groups is 1. The van der Waals surface area contributed by atoms with Crippen LogP contribution in [-0.4, -0.2) is 40.0 Å². The molecule has 0 unspecified atom stereocenters. The third kappa shape index (κ3) is 6.55. The highest BCUT2D eigenvalue weighted by molar-refractivity contribution is 7.99. The second-order valence-corrected chi connectivity index (χ2v) is 7.59. The van der Waals surface area contributed by atoms with Crippen LogP contribution in [0, 0.1) is 15.9 Å². The zero-order valence-electron chi connectivity index (χ0n) is 16.8. The Hall–Kier alpha value is -2.94. The highest BCUT2D eigenvalue weighted by Crippen LogP contribution is 2.19. The van der Waals surface area contributed by atoms with E-state index in [0.29, 0.717) is 17.9 Å². The Morgan fingerprint density at radius 3 is 2.47 bits per heavy atom. The number of amides is 2. The lowest BCUT2D eigenvalue weighted by Crippen LogP contribution is -2.48. The highest BCUT2D eigenvalue weighted by atomic mass is 32.2. The first-order valence-corrected chi connectivity index (χ1v) is 10.6. The standard InChI is InChI=1S/C21H24FN3O4S/c1-3-23-21(27)15(2)24(12-17-6-4-5-7-19(17)22)20(26)14-30-13-16-8-10-18(11-9-16)25(28)29/h4-11,15H,3,12-14H2,1-2H3,(H,23,27)/t15-/m0/s1. The van der Waals surface area contributed by atoms with Crippen LogP contribution in [0.4, 0.5) is 10.1 Å². The minimum Gasteiger partial charge on any atom is -0.355 e. The molecular weight excluding hydrogens is 409 g/mol. The quantitative estimate of drug-likeness (QED) is 0.457. The molecule has 2 amide bonds. The molecule has 0 aromatic heterocycles. The van der Waals surface area contributed by atoms with Gasteiger partial charge < -0.3 is 10.2 Å². The number of carbonyl (C=O) groups excluding carboxylic acids is 2. The molecule has 30 heavy (non-hydrogen) atoms. The van der Waals surface area contributed by atoms with Crippen molar-refractivity contribution in [2.45, 2.75) is 32.2 Å². The van der Waals surface area contributed by atoms with Gasteiger partial charge in [0.2, 0.25) is 11.8 Å². The molecule has 0 aliphatic heterocycles. The van der Waals surface area contributed by atoms with E-state index in [-0.39, 0.29) is 29.8 Å². The van der Waals surface area contributed by atoms with E-state index in [4.69, 9.17) is 0 Å². The van der Waals surface area contributed by atoms with Crippen LogP contribution in [0.1, 0.15) is 25.0 Å². The van der Waals surface area contributed by atoms with Gasteiger partial charge in [0.05, 0.1) is 10.7 Å². The van der Waals surface area contributed by atoms with Gasteiger partial charge in [0.15, 0.2) is 0 Å². The molecule has 2 aromatic carbocycles. The Bertz CT molecular complexity index is 892. The summed E-state index contributed by atoms with van der Waals surface area (Å²) in [5.41, 5.74) is 1.19. The molecule has 0 saturated carbocycles. The van der Waals surface area contributed by atoms with Crippen molar-refractivity contribution in [1.82, 2.24) is 10.2 Å². The van der Waals surface area contributed by atoms with Crippen molar-refractivity contribution in [1.29, 1.82) is 0 Å². The largest absolute Gasteiger partial charge is 0.355 e. The maximum atomic E-state index is 14.1. The molecular formula is C21H24FN3O4S. The van der Waals surface area contributed by atoms with E-state index in [1.807, 2.05) is 0 Å². The zero-order valence-corrected chi connectivity index (χ0v) is 17.7. The average molecular weight is 434 g/mol. The fourth-order valence-electron chi connectivity index (χ4n) is 2.77. The van der Waals surface area contributed by atoms with Gasteiger partial charge in [-0.3, -0.25) is 19.7 Å². The van der Waals surface area contributed by atoms with E-state index in [2.05, 4.69) is 5.32 Å². The first-order valence-electron chi connectivity index (χ1n) is 9.45. The summed E-state index contributed by atoms with van der Waals surface area (Å²) in [6.07, 6.45) is 0. The Morgan fingerprint density at radius 2 is 1.87 bits per heavy atom. The van der Waals surface area contributed by atoms with Crippen LogP contribution in [0.2, 0.25) is 0 Å². The number of halogens is 1. The van der Waals surface area contributed by atoms with Crippen LogP contribution in [-0.2, 0) is 21.9 Å². The molecule has 0 saturated heterocycles. The van der Waals surface area contributed by atoms with Crippen LogP contribution in [0.3, 0.4) is 0 Å². The van der Waals surface area contributed by atoms with Crippen molar-refractivity contribution in [3.8, 4) is 0 Å². The number of benzene rings is 2. The van der Waals surface area contributed by atoms with E-state index < -0.39 is 16.8 Å². The van der Waals surface area contributed by atoms with Gasteiger partial charge in [-0.15, -0.1) is 11.8 Å². The van der Waals surface area contributed by atoms with Gasteiger partial charge in [-0.1, -0.05) is 30.3 Å². The zero-order chi connectivity index (χ0) is 22.1. The number of non-ortho nitro benzene ring substituents is 1. The summed E-state index contributed by atoms with van der Waals surface area (Å²) in [7, 11) is 0. The Kier molecular flexibility index (Phi) is 8.79. The topological polar surface area (TPSA) is 92.6 Å². The summed E-state index contributed by atoms with van der Waals surface area (Å²) >= 11 is 1.33. The van der Waals surface area contributed by atoms with Gasteiger partial charge in [-0.25, -0.2) is 4.39 Å². The average Bonchev–Trinajstić information content (AvgIpc) is 2.73. The van der Waals surface area contributed by atoms with E-state index in [1.165, 1.54) is 34.9 Å². The van der Waals surface area contributed by atoms with Crippen LogP contribution >= 0.6 is 11.8 Å². The predicted molar refractivity (Wildman–Crippen MR) is 114 cm³/mol. The smallest absolute Gasteiger partial charge is 0.269 e. The van der Waals surface area contributed by atoms with E-state index >= 15 is 0 Å². The molecule has 0 aliphatic carbocycles. The second-order valence-electron chi connectivity index (χ2n) is 6.60. The van der Waals surface area contributed by atoms with E-state index in [9.17, 15) is 24.1 Å². The van der Waals surface area contributed by atoms with Crippen LogP contribution in [0.15, 0.2) is 48.5 Å². The molecule has 7 nitrogen and oxygen atoms in total. The molecule has 0 fully saturated rings. The van der Waals surface area contributed by atoms with Crippen molar-refractivity contribution in [3.63, 3.8) is 0 Å². The maximum absolute atomic E-state index is 14.1. The predicted octanol–water partition coefficient (Wildman–Crippen LogP) is 3.52. The highest BCUT2D eigenvalue weighted by Gasteiger charge is 2.26. The summed E-state index contributed by atoms with van der Waals surface area (Å²) in [5, 5.41) is 13.4. The summed E-state index contributed by atoms with van der Waals surface area (Å²) in [4.78, 5) is 36.8. The monoisotopic (exact) mass is 433 g/mol. The number of rotatable bonds is 10. The molecule has 2 aromatic rings. The van der Waals surface area contributed by atoms with Crippen LogP contribution in [0.5, 0.6) is 0 Å². The van der Waals surface area contributed by atoms with Crippen molar-refractivity contribution < 1.29 is 18.9 Å². The molecule has 0 radical (unpaired) electrons. The Labute approximate surface area is 178 Å². The number of hydrogen-bond donors (Lipinski definition) is 1. The van der Waals surface area contributed by atoms with Gasteiger partial charge in [0, 0.05) is 36.5 Å². The first kappa shape index (κ1) is 23.3. The fourth-order valence-corrected chi connectivity index (χ4v) is 3.64. The number of likely N-dealkylation sites (N-methyl/N-ethyl adjacent to an activating group) is 1. The fraction of sp³-hybridized carbons (Fsp3) is 0.333. The minimum absolute atomic E-state index is 0.00616. The van der Waals surface area contributed by atoms with Gasteiger partial charge in [-0.05, 0) is 25.5 Å². The third-order valence-corrected chi connectivity index (χ3v) is 5.45. The summed E-state index contributed by atoms with van der Waals surface area (Å²) in [6.45, 7) is 3.82. The van der Waals surface area contributed by atoms with Gasteiger partial charge in [0.25, 0.3) is 5.69 Å². The number of hydrogen-bond acceptors (Lipinski definition) is 5. The van der Waals surface area contributed by atoms with Gasteiger partial charge in [-0.2, -0.15) is 0 Å². The van der Waals surface area contributed by atoms with Crippen LogP contribution < -0.4 is 5.32 Å². The lowest BCUT2D eigenvalue weighted by Gasteiger charge is -2.28. The molecule has 9 heteroatoms. The summed E-state index contributed by atoms with van der Waals surface area (Å²) in [6, 6.07) is 11.5. The molecule has 0 spiro atoms. The van der Waals surface area contributed by atoms with Crippen molar-refractivity contribution in [2.75, 3.05) is 12.3 Å². The van der Waals surface area contributed by atoms with Crippen molar-refractivity contribution in [3.05, 3.63) is 75.6 Å². The number of nitro benzene ring substituents is 1. The van der Waals surface area contributed by atoms with Crippen molar-refractivity contribution in [2.24, 2.45) is 0 Å². The number of nitrogens with one attached hydrogen (secondary N) is 1. The molecule has 0 aliphatic rings. The summed E-state index contributed by atoms with van der Waals surface area (Å²) < 4.78 is 14.1. The molecule has 1 atom stereocenters. The molecule has 0 bridgehead atoms. The lowest BCUT2D eigenvalue weighted by atomic mass is 10.1.